The van der Waals surface area contributed by atoms with Crippen LogP contribution in [0.15, 0.2) is 6.20 Å². The second kappa shape index (κ2) is 2.84. The highest BCUT2D eigenvalue weighted by atomic mass is 35.5. The lowest BCUT2D eigenvalue weighted by molar-refractivity contribution is 0.0690. The number of aromatic carboxylic acids is 1. The zero-order valence-electron chi connectivity index (χ0n) is 5.71. The molecule has 0 amide bonds. The van der Waals surface area contributed by atoms with Gasteiger partial charge in [0.05, 0.1) is 5.69 Å². The minimum atomic E-state index is -1.16. The van der Waals surface area contributed by atoms with Crippen LogP contribution in [-0.4, -0.2) is 21.0 Å². The lowest BCUT2D eigenvalue weighted by Gasteiger charge is -1.96. The summed E-state index contributed by atoms with van der Waals surface area (Å²) in [5.74, 6) is -1.16. The number of rotatable bonds is 1. The van der Waals surface area contributed by atoms with Crippen molar-refractivity contribution in [2.24, 2.45) is 0 Å². The van der Waals surface area contributed by atoms with Gasteiger partial charge in [-0.3, -0.25) is 0 Å². The minimum Gasteiger partial charge on any atom is -0.476 e. The fourth-order valence-electron chi connectivity index (χ4n) is 0.599. The van der Waals surface area contributed by atoms with Crippen LogP contribution in [0.3, 0.4) is 0 Å². The fourth-order valence-corrected chi connectivity index (χ4v) is 0.771. The Bertz CT molecular complexity index is 301. The molecule has 1 heterocycles. The van der Waals surface area contributed by atoms with Gasteiger partial charge in [-0.1, -0.05) is 11.6 Å². The number of carboxylic acids is 1. The van der Waals surface area contributed by atoms with E-state index in [1.807, 2.05) is 0 Å². The van der Waals surface area contributed by atoms with Crippen molar-refractivity contribution in [1.82, 2.24) is 9.97 Å². The molecule has 0 atom stereocenters. The summed E-state index contributed by atoms with van der Waals surface area (Å²) in [7, 11) is 0. The van der Waals surface area contributed by atoms with Gasteiger partial charge in [0, 0.05) is 6.20 Å². The lowest BCUT2D eigenvalue weighted by Crippen LogP contribution is -2.03. The maximum Gasteiger partial charge on any atom is 0.357 e. The first kappa shape index (κ1) is 7.94. The first-order valence-electron chi connectivity index (χ1n) is 2.83. The zero-order chi connectivity index (χ0) is 8.43. The predicted octanol–water partition coefficient (Wildman–Crippen LogP) is 1.14. The molecule has 1 N–H and O–H groups in total. The highest BCUT2D eigenvalue weighted by Gasteiger charge is 2.10. The molecule has 0 aliphatic carbocycles. The Morgan fingerprint density at radius 1 is 1.73 bits per heavy atom. The highest BCUT2D eigenvalue weighted by Crippen LogP contribution is 2.09. The number of carbonyl (C=O) groups is 1. The normalized spacial score (nSPS) is 9.64. The summed E-state index contributed by atoms with van der Waals surface area (Å²) in [5, 5.41) is 8.42. The Labute approximate surface area is 67.9 Å². The molecule has 1 rings (SSSR count). The van der Waals surface area contributed by atoms with Crippen LogP contribution in [0.1, 0.15) is 16.2 Å². The van der Waals surface area contributed by atoms with Crippen LogP contribution in [0, 0.1) is 6.92 Å². The van der Waals surface area contributed by atoms with Gasteiger partial charge in [0.1, 0.15) is 0 Å². The minimum absolute atomic E-state index is 0.0805. The van der Waals surface area contributed by atoms with Gasteiger partial charge in [-0.25, -0.2) is 14.8 Å². The average Bonchev–Trinajstić information content (AvgIpc) is 1.94. The molecule has 0 aliphatic heterocycles. The van der Waals surface area contributed by atoms with Gasteiger partial charge < -0.3 is 5.11 Å². The standard InChI is InChI=1S/C6H5ClN2O2/c1-3-2-8-5(7)4(9-3)6(10)11/h2H,1H3,(H,10,11). The molecular formula is C6H5ClN2O2. The third-order valence-corrected chi connectivity index (χ3v) is 1.33. The molecule has 0 spiro atoms. The van der Waals surface area contributed by atoms with E-state index in [4.69, 9.17) is 16.7 Å². The molecule has 0 aromatic carbocycles. The molecule has 0 aliphatic rings. The molecule has 0 fully saturated rings. The molecule has 4 nitrogen and oxygen atoms in total. The van der Waals surface area contributed by atoms with E-state index in [1.165, 1.54) is 6.20 Å². The first-order chi connectivity index (χ1) is 5.11. The van der Waals surface area contributed by atoms with Crippen molar-refractivity contribution < 1.29 is 9.90 Å². The van der Waals surface area contributed by atoms with E-state index in [1.54, 1.807) is 6.92 Å². The van der Waals surface area contributed by atoms with Gasteiger partial charge in [0.15, 0.2) is 10.8 Å². The Balaban J connectivity index is 3.23. The van der Waals surface area contributed by atoms with E-state index in [9.17, 15) is 4.79 Å². The molecule has 0 saturated heterocycles. The molecule has 5 heteroatoms. The van der Waals surface area contributed by atoms with E-state index in [-0.39, 0.29) is 10.8 Å². The number of carboxylic acid groups (broad SMARTS) is 1. The van der Waals surface area contributed by atoms with Crippen LogP contribution < -0.4 is 0 Å². The van der Waals surface area contributed by atoms with Crippen molar-refractivity contribution in [2.75, 3.05) is 0 Å². The quantitative estimate of drug-likeness (QED) is 0.690. The average molecular weight is 173 g/mol. The Hall–Kier alpha value is -1.16. The van der Waals surface area contributed by atoms with E-state index in [2.05, 4.69) is 9.97 Å². The van der Waals surface area contributed by atoms with E-state index < -0.39 is 5.97 Å². The summed E-state index contributed by atoms with van der Waals surface area (Å²) < 4.78 is 0. The third-order valence-electron chi connectivity index (χ3n) is 1.05. The van der Waals surface area contributed by atoms with E-state index in [0.717, 1.165) is 0 Å². The topological polar surface area (TPSA) is 63.1 Å². The van der Waals surface area contributed by atoms with Crippen molar-refractivity contribution in [2.45, 2.75) is 6.92 Å². The van der Waals surface area contributed by atoms with Gasteiger partial charge in [-0.05, 0) is 6.92 Å². The Kier molecular flexibility index (Phi) is 2.05. The van der Waals surface area contributed by atoms with Crippen molar-refractivity contribution in [3.8, 4) is 0 Å². The first-order valence-corrected chi connectivity index (χ1v) is 3.21. The number of hydrogen-bond acceptors (Lipinski definition) is 3. The number of nitrogens with zero attached hydrogens (tertiary/aromatic N) is 2. The van der Waals surface area contributed by atoms with E-state index in [0.29, 0.717) is 5.69 Å². The predicted molar refractivity (Wildman–Crippen MR) is 38.7 cm³/mol. The summed E-state index contributed by atoms with van der Waals surface area (Å²) in [6, 6.07) is 0. The van der Waals surface area contributed by atoms with Crippen molar-refractivity contribution in [1.29, 1.82) is 0 Å². The number of aryl methyl sites for hydroxylation is 1. The van der Waals surface area contributed by atoms with Crippen molar-refractivity contribution in [3.63, 3.8) is 0 Å². The molecule has 11 heavy (non-hydrogen) atoms. The molecular weight excluding hydrogens is 168 g/mol. The summed E-state index contributed by atoms with van der Waals surface area (Å²) in [6.07, 6.45) is 1.41. The maximum atomic E-state index is 10.4. The molecule has 1 aromatic heterocycles. The number of halogens is 1. The van der Waals surface area contributed by atoms with Crippen molar-refractivity contribution >= 4 is 17.6 Å². The van der Waals surface area contributed by atoms with Crippen LogP contribution in [0.2, 0.25) is 5.15 Å². The SMILES string of the molecule is Cc1cnc(Cl)c(C(=O)O)n1. The molecule has 0 bridgehead atoms. The molecule has 0 saturated carbocycles. The Morgan fingerprint density at radius 2 is 2.36 bits per heavy atom. The summed E-state index contributed by atoms with van der Waals surface area (Å²) in [5.41, 5.74) is 0.332. The highest BCUT2D eigenvalue weighted by molar-refractivity contribution is 6.31. The largest absolute Gasteiger partial charge is 0.476 e. The molecule has 0 radical (unpaired) electrons. The summed E-state index contributed by atoms with van der Waals surface area (Å²) in [4.78, 5) is 17.7. The van der Waals surface area contributed by atoms with Gasteiger partial charge in [0.2, 0.25) is 0 Å². The zero-order valence-corrected chi connectivity index (χ0v) is 6.46. The lowest BCUT2D eigenvalue weighted by atomic mass is 10.4. The maximum absolute atomic E-state index is 10.4. The molecule has 1 aromatic rings. The summed E-state index contributed by atoms with van der Waals surface area (Å²) in [6.45, 7) is 1.65. The van der Waals surface area contributed by atoms with Crippen LogP contribution in [0.5, 0.6) is 0 Å². The Morgan fingerprint density at radius 3 is 2.82 bits per heavy atom. The number of hydrogen-bond donors (Lipinski definition) is 1. The monoisotopic (exact) mass is 172 g/mol. The second-order valence-corrected chi connectivity index (χ2v) is 2.31. The summed E-state index contributed by atoms with van der Waals surface area (Å²) >= 11 is 5.44. The number of aromatic nitrogens is 2. The molecule has 58 valence electrons. The molecule has 0 unspecified atom stereocenters. The van der Waals surface area contributed by atoms with Crippen molar-refractivity contribution in [3.05, 3.63) is 22.7 Å². The van der Waals surface area contributed by atoms with Gasteiger partial charge in [-0.2, -0.15) is 0 Å². The smallest absolute Gasteiger partial charge is 0.357 e. The van der Waals surface area contributed by atoms with Crippen LogP contribution in [0.25, 0.3) is 0 Å². The van der Waals surface area contributed by atoms with Gasteiger partial charge in [0.25, 0.3) is 0 Å². The van der Waals surface area contributed by atoms with Gasteiger partial charge in [-0.15, -0.1) is 0 Å². The van der Waals surface area contributed by atoms with Crippen LogP contribution in [0.4, 0.5) is 0 Å². The van der Waals surface area contributed by atoms with Crippen LogP contribution in [-0.2, 0) is 0 Å². The third kappa shape index (κ3) is 1.65. The van der Waals surface area contributed by atoms with E-state index >= 15 is 0 Å². The second-order valence-electron chi connectivity index (χ2n) is 1.96. The fraction of sp³-hybridized carbons (Fsp3) is 0.167. The van der Waals surface area contributed by atoms with Gasteiger partial charge >= 0.3 is 5.97 Å². The van der Waals surface area contributed by atoms with Crippen LogP contribution >= 0.6 is 11.6 Å².